The minimum Gasteiger partial charge on any atom is -0.481 e. The molecule has 0 radical (unpaired) electrons. The van der Waals surface area contributed by atoms with E-state index in [0.717, 1.165) is 38.6 Å². The normalized spacial score (nSPS) is 19.4. The van der Waals surface area contributed by atoms with Crippen molar-refractivity contribution in [2.45, 2.75) is 57.9 Å². The summed E-state index contributed by atoms with van der Waals surface area (Å²) in [5.74, 6) is -0.882. The number of hydrogen-bond donors (Lipinski definition) is 2. The summed E-state index contributed by atoms with van der Waals surface area (Å²) in [4.78, 5) is 25.4. The number of rotatable bonds is 7. The Morgan fingerprint density at radius 2 is 1.90 bits per heavy atom. The molecule has 1 amide bonds. The van der Waals surface area contributed by atoms with Crippen LogP contribution >= 0.6 is 0 Å². The monoisotopic (exact) mass is 284 g/mol. The van der Waals surface area contributed by atoms with Gasteiger partial charge in [0.1, 0.15) is 0 Å². The topological polar surface area (TPSA) is 69.6 Å². The van der Waals surface area contributed by atoms with E-state index in [-0.39, 0.29) is 18.2 Å². The molecule has 0 aromatic rings. The van der Waals surface area contributed by atoms with Crippen LogP contribution in [0.4, 0.5) is 0 Å². The third kappa shape index (κ3) is 4.20. The Morgan fingerprint density at radius 1 is 1.30 bits per heavy atom. The van der Waals surface area contributed by atoms with Crippen molar-refractivity contribution in [2.75, 3.05) is 20.1 Å². The highest BCUT2D eigenvalue weighted by Gasteiger charge is 2.41. The van der Waals surface area contributed by atoms with E-state index < -0.39 is 11.5 Å². The molecule has 1 atom stereocenters. The van der Waals surface area contributed by atoms with Gasteiger partial charge in [-0.25, -0.2) is 0 Å². The molecular formula is C15H28N2O3. The molecule has 1 unspecified atom stereocenters. The van der Waals surface area contributed by atoms with Crippen LogP contribution in [0.1, 0.15) is 52.4 Å². The highest BCUT2D eigenvalue weighted by Crippen LogP contribution is 2.36. The summed E-state index contributed by atoms with van der Waals surface area (Å²) in [5, 5.41) is 12.4. The summed E-state index contributed by atoms with van der Waals surface area (Å²) in [7, 11) is 1.78. The van der Waals surface area contributed by atoms with E-state index in [1.54, 1.807) is 11.9 Å². The fourth-order valence-corrected chi connectivity index (χ4v) is 3.13. The van der Waals surface area contributed by atoms with Crippen molar-refractivity contribution in [3.05, 3.63) is 0 Å². The molecule has 0 aromatic carbocycles. The second kappa shape index (κ2) is 7.62. The average molecular weight is 284 g/mol. The molecule has 0 aromatic heterocycles. The predicted molar refractivity (Wildman–Crippen MR) is 78.5 cm³/mol. The molecular weight excluding hydrogens is 256 g/mol. The van der Waals surface area contributed by atoms with E-state index in [0.29, 0.717) is 6.54 Å². The Labute approximate surface area is 121 Å². The highest BCUT2D eigenvalue weighted by molar-refractivity contribution is 5.80. The van der Waals surface area contributed by atoms with Gasteiger partial charge in [-0.15, -0.1) is 0 Å². The van der Waals surface area contributed by atoms with Gasteiger partial charge in [0.2, 0.25) is 5.91 Å². The summed E-state index contributed by atoms with van der Waals surface area (Å²) in [6, 6.07) is 0. The summed E-state index contributed by atoms with van der Waals surface area (Å²) in [5.41, 5.74) is -0.484. The number of amides is 1. The van der Waals surface area contributed by atoms with Crippen LogP contribution in [0.25, 0.3) is 0 Å². The number of nitrogens with one attached hydrogen (secondary N) is 1. The Bertz CT molecular complexity index is 338. The van der Waals surface area contributed by atoms with Crippen LogP contribution in [0, 0.1) is 5.92 Å². The fraction of sp³-hybridized carbons (Fsp3) is 0.867. The maximum atomic E-state index is 12.5. The van der Waals surface area contributed by atoms with Crippen LogP contribution in [-0.4, -0.2) is 47.6 Å². The van der Waals surface area contributed by atoms with Crippen LogP contribution in [0.5, 0.6) is 0 Å². The zero-order chi connectivity index (χ0) is 15.2. The molecule has 0 bridgehead atoms. The van der Waals surface area contributed by atoms with Crippen LogP contribution < -0.4 is 5.32 Å². The fourth-order valence-electron chi connectivity index (χ4n) is 3.13. The van der Waals surface area contributed by atoms with Crippen LogP contribution in [0.3, 0.4) is 0 Å². The maximum Gasteiger partial charge on any atom is 0.305 e. The van der Waals surface area contributed by atoms with Gasteiger partial charge >= 0.3 is 5.97 Å². The van der Waals surface area contributed by atoms with Crippen LogP contribution in [0.15, 0.2) is 0 Å². The van der Waals surface area contributed by atoms with Gasteiger partial charge in [0.15, 0.2) is 0 Å². The minimum atomic E-state index is -0.814. The molecule has 5 nitrogen and oxygen atoms in total. The van der Waals surface area contributed by atoms with Crippen molar-refractivity contribution in [3.8, 4) is 0 Å². The molecule has 1 rings (SSSR count). The maximum absolute atomic E-state index is 12.5. The van der Waals surface area contributed by atoms with Crippen molar-refractivity contribution >= 4 is 11.9 Å². The quantitative estimate of drug-likeness (QED) is 0.749. The molecule has 1 saturated carbocycles. The van der Waals surface area contributed by atoms with E-state index in [4.69, 9.17) is 0 Å². The minimum absolute atomic E-state index is 0.0501. The number of hydrogen-bond acceptors (Lipinski definition) is 3. The van der Waals surface area contributed by atoms with Crippen molar-refractivity contribution in [3.63, 3.8) is 0 Å². The van der Waals surface area contributed by atoms with Crippen LogP contribution in [-0.2, 0) is 9.59 Å². The van der Waals surface area contributed by atoms with Gasteiger partial charge in [-0.2, -0.15) is 0 Å². The van der Waals surface area contributed by atoms with Gasteiger partial charge in [0.25, 0.3) is 0 Å². The number of aliphatic carboxylic acids is 1. The third-order valence-electron chi connectivity index (χ3n) is 4.43. The van der Waals surface area contributed by atoms with Gasteiger partial charge < -0.3 is 15.3 Å². The van der Waals surface area contributed by atoms with Gasteiger partial charge in [-0.3, -0.25) is 9.59 Å². The van der Waals surface area contributed by atoms with Crippen LogP contribution in [0.2, 0.25) is 0 Å². The average Bonchev–Trinajstić information content (AvgIpc) is 2.43. The Morgan fingerprint density at radius 3 is 2.40 bits per heavy atom. The lowest BCUT2D eigenvalue weighted by molar-refractivity contribution is -0.147. The highest BCUT2D eigenvalue weighted by atomic mass is 16.4. The van der Waals surface area contributed by atoms with Crippen molar-refractivity contribution in [2.24, 2.45) is 5.92 Å². The Kier molecular flexibility index (Phi) is 6.46. The first kappa shape index (κ1) is 17.0. The molecule has 5 heteroatoms. The zero-order valence-electron chi connectivity index (χ0n) is 12.9. The van der Waals surface area contributed by atoms with Gasteiger partial charge in [0.05, 0.1) is 12.0 Å². The summed E-state index contributed by atoms with van der Waals surface area (Å²) in [6.07, 6.45) is 4.81. The van der Waals surface area contributed by atoms with Gasteiger partial charge in [-0.05, 0) is 19.4 Å². The second-order valence-corrected chi connectivity index (χ2v) is 5.96. The molecule has 20 heavy (non-hydrogen) atoms. The SMILES string of the molecule is CCNCC(C)C(=O)N(C)C1(CC(=O)O)CCCCC1. The summed E-state index contributed by atoms with van der Waals surface area (Å²) in [6.45, 7) is 5.39. The molecule has 1 fully saturated rings. The van der Waals surface area contributed by atoms with Crippen molar-refractivity contribution < 1.29 is 14.7 Å². The van der Waals surface area contributed by atoms with E-state index in [1.165, 1.54) is 0 Å². The smallest absolute Gasteiger partial charge is 0.305 e. The van der Waals surface area contributed by atoms with Gasteiger partial charge in [-0.1, -0.05) is 33.1 Å². The largest absolute Gasteiger partial charge is 0.481 e. The van der Waals surface area contributed by atoms with Crippen molar-refractivity contribution in [1.29, 1.82) is 0 Å². The Hall–Kier alpha value is -1.10. The standard InChI is InChI=1S/C15H28N2O3/c1-4-16-11-12(2)14(20)17(3)15(10-13(18)19)8-6-5-7-9-15/h12,16H,4-11H2,1-3H3,(H,18,19). The molecule has 0 spiro atoms. The summed E-state index contributed by atoms with van der Waals surface area (Å²) < 4.78 is 0. The lowest BCUT2D eigenvalue weighted by atomic mass is 9.77. The number of nitrogens with zero attached hydrogens (tertiary/aromatic N) is 1. The second-order valence-electron chi connectivity index (χ2n) is 5.96. The Balaban J connectivity index is 2.78. The molecule has 1 aliphatic rings. The first-order chi connectivity index (χ1) is 9.43. The number of carbonyl (C=O) groups is 2. The molecule has 0 aliphatic heterocycles. The van der Waals surface area contributed by atoms with Crippen molar-refractivity contribution in [1.82, 2.24) is 10.2 Å². The number of carboxylic acids is 1. The molecule has 0 saturated heterocycles. The molecule has 116 valence electrons. The predicted octanol–water partition coefficient (Wildman–Crippen LogP) is 1.87. The zero-order valence-corrected chi connectivity index (χ0v) is 12.9. The number of carbonyl (C=O) groups excluding carboxylic acids is 1. The van der Waals surface area contributed by atoms with E-state index in [2.05, 4.69) is 5.32 Å². The summed E-state index contributed by atoms with van der Waals surface area (Å²) >= 11 is 0. The van der Waals surface area contributed by atoms with E-state index in [1.807, 2.05) is 13.8 Å². The van der Waals surface area contributed by atoms with E-state index in [9.17, 15) is 14.7 Å². The lowest BCUT2D eigenvalue weighted by Gasteiger charge is -2.44. The molecule has 2 N–H and O–H groups in total. The molecule has 1 aliphatic carbocycles. The first-order valence-electron chi connectivity index (χ1n) is 7.63. The third-order valence-corrected chi connectivity index (χ3v) is 4.43. The van der Waals surface area contributed by atoms with Gasteiger partial charge in [0, 0.05) is 19.5 Å². The van der Waals surface area contributed by atoms with E-state index >= 15 is 0 Å². The molecule has 0 heterocycles. The first-order valence-corrected chi connectivity index (χ1v) is 7.63. The number of carboxylic acid groups (broad SMARTS) is 1. The lowest BCUT2D eigenvalue weighted by Crippen LogP contribution is -2.54.